The van der Waals surface area contributed by atoms with E-state index in [4.69, 9.17) is 4.74 Å². The second-order valence-electron chi connectivity index (χ2n) is 5.87. The number of hydrogen-bond acceptors (Lipinski definition) is 2. The molecule has 0 aliphatic rings. The largest absolute Gasteiger partial charge is 0.497 e. The van der Waals surface area contributed by atoms with E-state index < -0.39 is 0 Å². The second-order valence-corrected chi connectivity index (χ2v) is 5.87. The van der Waals surface area contributed by atoms with Crippen LogP contribution in [0.3, 0.4) is 0 Å². The van der Waals surface area contributed by atoms with Gasteiger partial charge in [-0.3, -0.25) is 4.79 Å². The fraction of sp³-hybridized carbons (Fsp3) is 0.0870. The molecular formula is C23H21NO2. The quantitative estimate of drug-likeness (QED) is 0.527. The highest BCUT2D eigenvalue weighted by molar-refractivity contribution is 6.24. The summed E-state index contributed by atoms with van der Waals surface area (Å²) in [6.07, 6.45) is 1.92. The molecule has 3 heteroatoms. The van der Waals surface area contributed by atoms with Crippen molar-refractivity contribution in [1.29, 1.82) is 0 Å². The van der Waals surface area contributed by atoms with Crippen LogP contribution in [0.5, 0.6) is 5.75 Å². The maximum Gasteiger partial charge on any atom is 0.252 e. The van der Waals surface area contributed by atoms with Gasteiger partial charge in [-0.25, -0.2) is 0 Å². The number of ether oxygens (including phenoxy) is 1. The third-order valence-electron chi connectivity index (χ3n) is 4.05. The molecule has 0 unspecified atom stereocenters. The molecule has 0 spiro atoms. The van der Waals surface area contributed by atoms with E-state index in [9.17, 15) is 4.79 Å². The van der Waals surface area contributed by atoms with Crippen LogP contribution in [0.2, 0.25) is 0 Å². The van der Waals surface area contributed by atoms with Gasteiger partial charge in [0.15, 0.2) is 0 Å². The second kappa shape index (κ2) is 8.67. The molecule has 3 nitrogen and oxygen atoms in total. The standard InChI is InChI=1S/C23H21NO2/c1-26-21-14-12-19(13-15-21)17-24-23(25)22(20-10-6-3-7-11-20)16-18-8-4-2-5-9-18/h2-16H,17H2,1H3,(H,24,25)/b22-16+. The zero-order valence-electron chi connectivity index (χ0n) is 14.7. The topological polar surface area (TPSA) is 38.3 Å². The summed E-state index contributed by atoms with van der Waals surface area (Å²) in [6.45, 7) is 0.460. The summed E-state index contributed by atoms with van der Waals surface area (Å²) in [6, 6.07) is 27.2. The van der Waals surface area contributed by atoms with E-state index in [0.29, 0.717) is 12.1 Å². The fourth-order valence-electron chi connectivity index (χ4n) is 2.63. The van der Waals surface area contributed by atoms with Gasteiger partial charge in [0, 0.05) is 12.1 Å². The van der Waals surface area contributed by atoms with Gasteiger partial charge in [-0.05, 0) is 34.9 Å². The molecule has 0 saturated heterocycles. The molecule has 0 atom stereocenters. The van der Waals surface area contributed by atoms with Crippen LogP contribution in [-0.2, 0) is 11.3 Å². The van der Waals surface area contributed by atoms with Gasteiger partial charge in [-0.1, -0.05) is 72.8 Å². The maximum atomic E-state index is 12.8. The first-order chi connectivity index (χ1) is 12.8. The number of carbonyl (C=O) groups is 1. The predicted octanol–water partition coefficient (Wildman–Crippen LogP) is 4.55. The predicted molar refractivity (Wildman–Crippen MR) is 106 cm³/mol. The van der Waals surface area contributed by atoms with Crippen molar-refractivity contribution in [2.75, 3.05) is 7.11 Å². The Morgan fingerprint density at radius 2 is 1.50 bits per heavy atom. The zero-order chi connectivity index (χ0) is 18.2. The van der Waals surface area contributed by atoms with Crippen LogP contribution in [0.25, 0.3) is 11.6 Å². The molecule has 0 fully saturated rings. The van der Waals surface area contributed by atoms with Gasteiger partial charge < -0.3 is 10.1 Å². The zero-order valence-corrected chi connectivity index (χ0v) is 14.7. The third kappa shape index (κ3) is 4.61. The lowest BCUT2D eigenvalue weighted by atomic mass is 10.0. The Bertz CT molecular complexity index is 869. The van der Waals surface area contributed by atoms with Crippen molar-refractivity contribution in [2.45, 2.75) is 6.54 Å². The number of rotatable bonds is 6. The van der Waals surface area contributed by atoms with Crippen LogP contribution >= 0.6 is 0 Å². The summed E-state index contributed by atoms with van der Waals surface area (Å²) in [4.78, 5) is 12.8. The molecule has 0 aliphatic heterocycles. The van der Waals surface area contributed by atoms with Gasteiger partial charge >= 0.3 is 0 Å². The molecule has 3 aromatic carbocycles. The Balaban J connectivity index is 1.79. The summed E-state index contributed by atoms with van der Waals surface area (Å²) >= 11 is 0. The Morgan fingerprint density at radius 3 is 2.12 bits per heavy atom. The molecule has 0 saturated carbocycles. The lowest BCUT2D eigenvalue weighted by Crippen LogP contribution is -2.23. The van der Waals surface area contributed by atoms with Gasteiger partial charge in [-0.2, -0.15) is 0 Å². The summed E-state index contributed by atoms with van der Waals surface area (Å²) in [5, 5.41) is 3.01. The molecule has 0 aliphatic carbocycles. The van der Waals surface area contributed by atoms with Crippen molar-refractivity contribution < 1.29 is 9.53 Å². The first-order valence-electron chi connectivity index (χ1n) is 8.49. The molecular weight excluding hydrogens is 322 g/mol. The summed E-state index contributed by atoms with van der Waals surface area (Å²) < 4.78 is 5.16. The molecule has 0 heterocycles. The van der Waals surface area contributed by atoms with E-state index in [1.807, 2.05) is 91.0 Å². The molecule has 1 N–H and O–H groups in total. The maximum absolute atomic E-state index is 12.8. The van der Waals surface area contributed by atoms with Crippen LogP contribution in [0.4, 0.5) is 0 Å². The van der Waals surface area contributed by atoms with Crippen molar-refractivity contribution >= 4 is 17.6 Å². The first kappa shape index (κ1) is 17.5. The van der Waals surface area contributed by atoms with Crippen molar-refractivity contribution in [3.63, 3.8) is 0 Å². The molecule has 3 rings (SSSR count). The van der Waals surface area contributed by atoms with Crippen LogP contribution in [0.1, 0.15) is 16.7 Å². The molecule has 0 aromatic heterocycles. The number of nitrogens with one attached hydrogen (secondary N) is 1. The third-order valence-corrected chi connectivity index (χ3v) is 4.05. The van der Waals surface area contributed by atoms with E-state index in [2.05, 4.69) is 5.32 Å². The van der Waals surface area contributed by atoms with E-state index in [0.717, 1.165) is 22.4 Å². The van der Waals surface area contributed by atoms with Crippen LogP contribution in [-0.4, -0.2) is 13.0 Å². The van der Waals surface area contributed by atoms with Gasteiger partial charge in [0.1, 0.15) is 5.75 Å². The monoisotopic (exact) mass is 343 g/mol. The highest BCUT2D eigenvalue weighted by Crippen LogP contribution is 2.19. The Morgan fingerprint density at radius 1 is 0.885 bits per heavy atom. The van der Waals surface area contributed by atoms with Crippen molar-refractivity contribution in [3.05, 3.63) is 102 Å². The number of hydrogen-bond donors (Lipinski definition) is 1. The van der Waals surface area contributed by atoms with E-state index in [1.54, 1.807) is 7.11 Å². The van der Waals surface area contributed by atoms with Crippen LogP contribution < -0.4 is 10.1 Å². The van der Waals surface area contributed by atoms with Crippen molar-refractivity contribution in [3.8, 4) is 5.75 Å². The molecule has 130 valence electrons. The van der Waals surface area contributed by atoms with Crippen LogP contribution in [0, 0.1) is 0 Å². The normalized spacial score (nSPS) is 11.0. The average molecular weight is 343 g/mol. The van der Waals surface area contributed by atoms with Crippen LogP contribution in [0.15, 0.2) is 84.9 Å². The summed E-state index contributed by atoms with van der Waals surface area (Å²) in [5.41, 5.74) is 3.55. The highest BCUT2D eigenvalue weighted by atomic mass is 16.5. The van der Waals surface area contributed by atoms with Crippen molar-refractivity contribution in [2.24, 2.45) is 0 Å². The molecule has 3 aromatic rings. The lowest BCUT2D eigenvalue weighted by molar-refractivity contribution is -0.115. The Hall–Kier alpha value is -3.33. The number of benzene rings is 3. The van der Waals surface area contributed by atoms with E-state index >= 15 is 0 Å². The summed E-state index contributed by atoms with van der Waals surface area (Å²) in [7, 11) is 1.64. The smallest absolute Gasteiger partial charge is 0.252 e. The lowest BCUT2D eigenvalue weighted by Gasteiger charge is -2.10. The minimum absolute atomic E-state index is 0.101. The molecule has 1 amide bonds. The molecule has 26 heavy (non-hydrogen) atoms. The van der Waals surface area contributed by atoms with E-state index in [1.165, 1.54) is 0 Å². The van der Waals surface area contributed by atoms with Gasteiger partial charge in [0.25, 0.3) is 5.91 Å². The van der Waals surface area contributed by atoms with E-state index in [-0.39, 0.29) is 5.91 Å². The first-order valence-corrected chi connectivity index (χ1v) is 8.49. The summed E-state index contributed by atoms with van der Waals surface area (Å²) in [5.74, 6) is 0.699. The minimum atomic E-state index is -0.101. The Kier molecular flexibility index (Phi) is 5.84. The Labute approximate surface area is 154 Å². The van der Waals surface area contributed by atoms with Crippen molar-refractivity contribution in [1.82, 2.24) is 5.32 Å². The number of amides is 1. The molecule has 0 bridgehead atoms. The van der Waals surface area contributed by atoms with Gasteiger partial charge in [-0.15, -0.1) is 0 Å². The number of methoxy groups -OCH3 is 1. The SMILES string of the molecule is COc1ccc(CNC(=O)/C(=C/c2ccccc2)c2ccccc2)cc1. The molecule has 0 radical (unpaired) electrons. The average Bonchev–Trinajstić information content (AvgIpc) is 2.72. The fourth-order valence-corrected chi connectivity index (χ4v) is 2.63. The van der Waals surface area contributed by atoms with Gasteiger partial charge in [0.05, 0.1) is 7.11 Å². The highest BCUT2D eigenvalue weighted by Gasteiger charge is 2.12. The number of carbonyl (C=O) groups excluding carboxylic acids is 1. The minimum Gasteiger partial charge on any atom is -0.497 e. The van der Waals surface area contributed by atoms with Gasteiger partial charge in [0.2, 0.25) is 0 Å².